The van der Waals surface area contributed by atoms with Crippen LogP contribution in [-0.2, 0) is 6.54 Å². The van der Waals surface area contributed by atoms with Crippen LogP contribution in [0.5, 0.6) is 0 Å². The predicted molar refractivity (Wildman–Crippen MR) is 87.1 cm³/mol. The zero-order valence-corrected chi connectivity index (χ0v) is 13.2. The van der Waals surface area contributed by atoms with Crippen LogP contribution in [0.2, 0.25) is 0 Å². The van der Waals surface area contributed by atoms with Gasteiger partial charge in [0.15, 0.2) is 5.82 Å². The summed E-state index contributed by atoms with van der Waals surface area (Å²) in [7, 11) is 4.07. The Hall–Kier alpha value is -1.78. The van der Waals surface area contributed by atoms with Gasteiger partial charge in [-0.05, 0) is 49.8 Å². The molecule has 0 aliphatic heterocycles. The highest BCUT2D eigenvalue weighted by Crippen LogP contribution is 2.32. The Labute approximate surface area is 127 Å². The van der Waals surface area contributed by atoms with Gasteiger partial charge in [0, 0.05) is 6.54 Å². The maximum absolute atomic E-state index is 14.3. The van der Waals surface area contributed by atoms with Crippen LogP contribution < -0.4 is 0 Å². The molecule has 3 aromatic rings. The number of halogens is 1. The van der Waals surface area contributed by atoms with Crippen LogP contribution in [0, 0.1) is 12.7 Å². The number of aromatic nitrogens is 1. The molecule has 1 aromatic heterocycles. The van der Waals surface area contributed by atoms with Gasteiger partial charge >= 0.3 is 0 Å². The first-order valence-corrected chi connectivity index (χ1v) is 7.66. The summed E-state index contributed by atoms with van der Waals surface area (Å²) in [6.45, 7) is 2.74. The van der Waals surface area contributed by atoms with Crippen LogP contribution in [0.1, 0.15) is 10.6 Å². The summed E-state index contributed by atoms with van der Waals surface area (Å²) >= 11 is 1.53. The molecule has 4 heteroatoms. The van der Waals surface area contributed by atoms with Crippen molar-refractivity contribution in [3.8, 4) is 11.1 Å². The fourth-order valence-corrected chi connectivity index (χ4v) is 3.42. The van der Waals surface area contributed by atoms with Gasteiger partial charge < -0.3 is 4.90 Å². The molecule has 0 aliphatic carbocycles. The molecule has 0 bridgehead atoms. The molecular weight excluding hydrogens is 283 g/mol. The van der Waals surface area contributed by atoms with Crippen molar-refractivity contribution >= 4 is 21.6 Å². The molecule has 0 radical (unpaired) electrons. The zero-order chi connectivity index (χ0) is 15.0. The van der Waals surface area contributed by atoms with Crippen LogP contribution in [0.4, 0.5) is 4.39 Å². The van der Waals surface area contributed by atoms with Gasteiger partial charge in [0.25, 0.3) is 0 Å². The van der Waals surface area contributed by atoms with E-state index >= 15 is 0 Å². The van der Waals surface area contributed by atoms with Crippen molar-refractivity contribution in [1.29, 1.82) is 0 Å². The van der Waals surface area contributed by atoms with Crippen molar-refractivity contribution in [2.24, 2.45) is 0 Å². The van der Waals surface area contributed by atoms with E-state index < -0.39 is 0 Å². The highest BCUT2D eigenvalue weighted by atomic mass is 32.1. The highest BCUT2D eigenvalue weighted by Gasteiger charge is 2.12. The lowest BCUT2D eigenvalue weighted by atomic mass is 9.99. The molecular formula is C17H17FN2S. The highest BCUT2D eigenvalue weighted by molar-refractivity contribution is 7.18. The first-order valence-electron chi connectivity index (χ1n) is 6.84. The van der Waals surface area contributed by atoms with E-state index in [2.05, 4.69) is 16.0 Å². The largest absolute Gasteiger partial charge is 0.305 e. The summed E-state index contributed by atoms with van der Waals surface area (Å²) in [6, 6.07) is 11.8. The van der Waals surface area contributed by atoms with E-state index in [4.69, 9.17) is 0 Å². The smallest absolute Gasteiger partial charge is 0.150 e. The maximum Gasteiger partial charge on any atom is 0.150 e. The molecule has 2 aromatic carbocycles. The lowest BCUT2D eigenvalue weighted by Crippen LogP contribution is -2.11. The van der Waals surface area contributed by atoms with E-state index in [1.165, 1.54) is 16.9 Å². The topological polar surface area (TPSA) is 16.1 Å². The quantitative estimate of drug-likeness (QED) is 0.709. The SMILES string of the molecule is Cc1nc2c(F)cc(-c3ccccc3CN(C)C)cc2s1. The molecule has 3 rings (SSSR count). The molecule has 0 atom stereocenters. The van der Waals surface area contributed by atoms with E-state index in [1.807, 2.05) is 45.3 Å². The summed E-state index contributed by atoms with van der Waals surface area (Å²) in [4.78, 5) is 6.37. The van der Waals surface area contributed by atoms with Crippen molar-refractivity contribution in [2.45, 2.75) is 13.5 Å². The molecule has 0 saturated heterocycles. The Morgan fingerprint density at radius 2 is 1.95 bits per heavy atom. The van der Waals surface area contributed by atoms with Gasteiger partial charge in [0.2, 0.25) is 0 Å². The summed E-state index contributed by atoms with van der Waals surface area (Å²) in [5.41, 5.74) is 3.67. The average molecular weight is 300 g/mol. The second-order valence-electron chi connectivity index (χ2n) is 5.43. The van der Waals surface area contributed by atoms with E-state index in [9.17, 15) is 4.39 Å². The summed E-state index contributed by atoms with van der Waals surface area (Å²) < 4.78 is 15.2. The van der Waals surface area contributed by atoms with E-state index in [-0.39, 0.29) is 5.82 Å². The Balaban J connectivity index is 2.16. The van der Waals surface area contributed by atoms with Crippen molar-refractivity contribution in [3.05, 3.63) is 52.8 Å². The number of fused-ring (bicyclic) bond motifs is 1. The second-order valence-corrected chi connectivity index (χ2v) is 6.67. The first kappa shape index (κ1) is 14.2. The number of rotatable bonds is 3. The predicted octanol–water partition coefficient (Wildman–Crippen LogP) is 4.47. The molecule has 1 heterocycles. The van der Waals surface area contributed by atoms with E-state index in [0.717, 1.165) is 27.4 Å². The lowest BCUT2D eigenvalue weighted by Gasteiger charge is -2.14. The van der Waals surface area contributed by atoms with Crippen molar-refractivity contribution < 1.29 is 4.39 Å². The number of benzene rings is 2. The second kappa shape index (κ2) is 5.54. The van der Waals surface area contributed by atoms with Gasteiger partial charge in [-0.2, -0.15) is 0 Å². The third-order valence-electron chi connectivity index (χ3n) is 3.37. The monoisotopic (exact) mass is 300 g/mol. The third-order valence-corrected chi connectivity index (χ3v) is 4.29. The minimum Gasteiger partial charge on any atom is -0.305 e. The molecule has 0 N–H and O–H groups in total. The van der Waals surface area contributed by atoms with Crippen LogP contribution in [0.15, 0.2) is 36.4 Å². The van der Waals surface area contributed by atoms with E-state index in [1.54, 1.807) is 6.07 Å². The van der Waals surface area contributed by atoms with Gasteiger partial charge in [-0.1, -0.05) is 24.3 Å². The number of thiazole rings is 1. The molecule has 21 heavy (non-hydrogen) atoms. The molecule has 2 nitrogen and oxygen atoms in total. The van der Waals surface area contributed by atoms with Crippen LogP contribution in [0.25, 0.3) is 21.3 Å². The third kappa shape index (κ3) is 2.82. The Kier molecular flexibility index (Phi) is 3.74. The zero-order valence-electron chi connectivity index (χ0n) is 12.4. The van der Waals surface area contributed by atoms with Crippen LogP contribution in [0.3, 0.4) is 0 Å². The van der Waals surface area contributed by atoms with Gasteiger partial charge in [0.1, 0.15) is 5.52 Å². The lowest BCUT2D eigenvalue weighted by molar-refractivity contribution is 0.403. The summed E-state index contributed by atoms with van der Waals surface area (Å²) in [6.07, 6.45) is 0. The molecule has 0 spiro atoms. The Bertz CT molecular complexity index is 793. The molecule has 108 valence electrons. The maximum atomic E-state index is 14.3. The summed E-state index contributed by atoms with van der Waals surface area (Å²) in [5.74, 6) is -0.244. The molecule has 0 unspecified atom stereocenters. The molecule has 0 fully saturated rings. The van der Waals surface area contributed by atoms with Crippen molar-refractivity contribution in [3.63, 3.8) is 0 Å². The number of nitrogens with zero attached hydrogens (tertiary/aromatic N) is 2. The Morgan fingerprint density at radius 3 is 2.71 bits per heavy atom. The first-order chi connectivity index (χ1) is 10.0. The average Bonchev–Trinajstić information content (AvgIpc) is 2.80. The van der Waals surface area contributed by atoms with Crippen molar-refractivity contribution in [1.82, 2.24) is 9.88 Å². The number of hydrogen-bond acceptors (Lipinski definition) is 3. The van der Waals surface area contributed by atoms with Gasteiger partial charge in [-0.3, -0.25) is 0 Å². The Morgan fingerprint density at radius 1 is 1.19 bits per heavy atom. The summed E-state index contributed by atoms with van der Waals surface area (Å²) in [5, 5.41) is 0.891. The molecule has 0 saturated carbocycles. The minimum absolute atomic E-state index is 0.244. The van der Waals surface area contributed by atoms with Gasteiger partial charge in [-0.25, -0.2) is 9.37 Å². The van der Waals surface area contributed by atoms with Gasteiger partial charge in [-0.15, -0.1) is 11.3 Å². The van der Waals surface area contributed by atoms with Crippen molar-refractivity contribution in [2.75, 3.05) is 14.1 Å². The van der Waals surface area contributed by atoms with E-state index in [0.29, 0.717) is 5.52 Å². The van der Waals surface area contributed by atoms with Crippen LogP contribution in [-0.4, -0.2) is 24.0 Å². The number of aryl methyl sites for hydroxylation is 1. The molecule has 0 amide bonds. The normalized spacial score (nSPS) is 11.5. The van der Waals surface area contributed by atoms with Gasteiger partial charge in [0.05, 0.1) is 9.71 Å². The fourth-order valence-electron chi connectivity index (χ4n) is 2.54. The number of hydrogen-bond donors (Lipinski definition) is 0. The fraction of sp³-hybridized carbons (Fsp3) is 0.235. The standard InChI is InChI=1S/C17H17FN2S/c1-11-19-17-15(18)8-13(9-16(17)21-11)14-7-5-4-6-12(14)10-20(2)3/h4-9H,10H2,1-3H3. The molecule has 0 aliphatic rings. The van der Waals surface area contributed by atoms with Crippen LogP contribution >= 0.6 is 11.3 Å². The minimum atomic E-state index is -0.244.